The summed E-state index contributed by atoms with van der Waals surface area (Å²) in [5.74, 6) is 1.19. The van der Waals surface area contributed by atoms with Gasteiger partial charge in [0.15, 0.2) is 0 Å². The average Bonchev–Trinajstić information content (AvgIpc) is 2.90. The highest BCUT2D eigenvalue weighted by Crippen LogP contribution is 2.19. The molecule has 0 bridgehead atoms. The Balaban J connectivity index is 1.73. The second kappa shape index (κ2) is 5.75. The minimum atomic E-state index is 0.461. The third-order valence-electron chi connectivity index (χ3n) is 2.77. The fourth-order valence-electron chi connectivity index (χ4n) is 1.82. The van der Waals surface area contributed by atoms with Crippen molar-refractivity contribution in [3.05, 3.63) is 71.4 Å². The smallest absolute Gasteiger partial charge is 0.258 e. The van der Waals surface area contributed by atoms with Gasteiger partial charge < -0.3 is 4.74 Å². The number of benzene rings is 2. The van der Waals surface area contributed by atoms with E-state index in [1.165, 1.54) is 0 Å². The summed E-state index contributed by atoms with van der Waals surface area (Å²) < 4.78 is 7.29. The van der Waals surface area contributed by atoms with Crippen molar-refractivity contribution in [1.82, 2.24) is 15.0 Å². The number of ether oxygens (including phenoxy) is 1. The van der Waals surface area contributed by atoms with Gasteiger partial charge in [0.1, 0.15) is 5.75 Å². The summed E-state index contributed by atoms with van der Waals surface area (Å²) in [7, 11) is 0. The zero-order chi connectivity index (χ0) is 13.8. The van der Waals surface area contributed by atoms with E-state index in [4.69, 9.17) is 16.3 Å². The Morgan fingerprint density at radius 3 is 2.55 bits per heavy atom. The van der Waals surface area contributed by atoms with Gasteiger partial charge in [0.05, 0.1) is 12.7 Å². The summed E-state index contributed by atoms with van der Waals surface area (Å²) in [4.78, 5) is 0. The van der Waals surface area contributed by atoms with Crippen molar-refractivity contribution < 1.29 is 4.74 Å². The minimum Gasteiger partial charge on any atom is -0.436 e. The van der Waals surface area contributed by atoms with Crippen LogP contribution in [0.5, 0.6) is 11.6 Å². The molecule has 0 aliphatic rings. The molecule has 0 saturated heterocycles. The third-order valence-corrected chi connectivity index (χ3v) is 3.14. The Morgan fingerprint density at radius 2 is 1.75 bits per heavy atom. The number of halogens is 1. The maximum atomic E-state index is 6.12. The van der Waals surface area contributed by atoms with Gasteiger partial charge in [-0.05, 0) is 23.8 Å². The lowest BCUT2D eigenvalue weighted by molar-refractivity contribution is 0.461. The highest BCUT2D eigenvalue weighted by molar-refractivity contribution is 6.31. The molecule has 0 N–H and O–H groups in total. The van der Waals surface area contributed by atoms with Crippen LogP contribution in [0.2, 0.25) is 5.02 Å². The molecule has 0 aliphatic carbocycles. The number of nitrogens with zero attached hydrogens (tertiary/aromatic N) is 3. The summed E-state index contributed by atoms with van der Waals surface area (Å²) in [5.41, 5.74) is 0.991. The molecule has 20 heavy (non-hydrogen) atoms. The Kier molecular flexibility index (Phi) is 3.65. The van der Waals surface area contributed by atoms with Crippen LogP contribution in [0.3, 0.4) is 0 Å². The van der Waals surface area contributed by atoms with E-state index in [1.54, 1.807) is 10.9 Å². The number of rotatable bonds is 4. The normalized spacial score (nSPS) is 10.4. The summed E-state index contributed by atoms with van der Waals surface area (Å²) in [6.45, 7) is 0.560. The first-order valence-electron chi connectivity index (χ1n) is 6.18. The van der Waals surface area contributed by atoms with Crippen molar-refractivity contribution in [1.29, 1.82) is 0 Å². The molecule has 3 aromatic rings. The van der Waals surface area contributed by atoms with Crippen molar-refractivity contribution in [3.8, 4) is 11.6 Å². The first-order valence-corrected chi connectivity index (χ1v) is 6.55. The van der Waals surface area contributed by atoms with Crippen LogP contribution in [-0.2, 0) is 6.54 Å². The van der Waals surface area contributed by atoms with Gasteiger partial charge in [-0.3, -0.25) is 0 Å². The molecule has 0 fully saturated rings. The predicted molar refractivity (Wildman–Crippen MR) is 77.1 cm³/mol. The van der Waals surface area contributed by atoms with Crippen LogP contribution in [0.1, 0.15) is 5.56 Å². The maximum absolute atomic E-state index is 6.12. The number of para-hydroxylation sites is 1. The quantitative estimate of drug-likeness (QED) is 0.732. The fraction of sp³-hybridized carbons (Fsp3) is 0.0667. The van der Waals surface area contributed by atoms with Gasteiger partial charge in [0, 0.05) is 5.02 Å². The molecule has 0 aliphatic heterocycles. The zero-order valence-corrected chi connectivity index (χ0v) is 11.4. The molecule has 0 spiro atoms. The molecule has 1 aromatic heterocycles. The SMILES string of the molecule is Clc1ccccc1Cn1cc(Oc2ccccc2)nn1. The second-order valence-electron chi connectivity index (χ2n) is 4.26. The molecule has 0 atom stereocenters. The molecule has 3 rings (SSSR count). The van der Waals surface area contributed by atoms with E-state index in [2.05, 4.69) is 10.3 Å². The van der Waals surface area contributed by atoms with Gasteiger partial charge >= 0.3 is 0 Å². The highest BCUT2D eigenvalue weighted by Gasteiger charge is 2.05. The Morgan fingerprint density at radius 1 is 1.00 bits per heavy atom. The van der Waals surface area contributed by atoms with E-state index in [1.807, 2.05) is 54.6 Å². The van der Waals surface area contributed by atoms with Gasteiger partial charge in [-0.1, -0.05) is 58.3 Å². The molecule has 0 radical (unpaired) electrons. The van der Waals surface area contributed by atoms with Gasteiger partial charge in [-0.15, -0.1) is 0 Å². The number of hydrogen-bond donors (Lipinski definition) is 0. The van der Waals surface area contributed by atoms with Crippen molar-refractivity contribution >= 4 is 11.6 Å². The van der Waals surface area contributed by atoms with Crippen LogP contribution in [0.15, 0.2) is 60.8 Å². The van der Waals surface area contributed by atoms with Crippen molar-refractivity contribution in [3.63, 3.8) is 0 Å². The van der Waals surface area contributed by atoms with E-state index < -0.39 is 0 Å². The van der Waals surface area contributed by atoms with Crippen LogP contribution >= 0.6 is 11.6 Å². The molecule has 5 heteroatoms. The molecule has 2 aromatic carbocycles. The average molecular weight is 286 g/mol. The number of hydrogen-bond acceptors (Lipinski definition) is 3. The second-order valence-corrected chi connectivity index (χ2v) is 4.67. The Labute approximate surface area is 121 Å². The minimum absolute atomic E-state index is 0.461. The van der Waals surface area contributed by atoms with E-state index in [-0.39, 0.29) is 0 Å². The molecular formula is C15H12ClN3O. The van der Waals surface area contributed by atoms with E-state index in [0.29, 0.717) is 17.4 Å². The van der Waals surface area contributed by atoms with Crippen molar-refractivity contribution in [2.24, 2.45) is 0 Å². The summed E-state index contributed by atoms with van der Waals surface area (Å²) in [6.07, 6.45) is 1.75. The van der Waals surface area contributed by atoms with Gasteiger partial charge in [-0.2, -0.15) is 0 Å². The zero-order valence-electron chi connectivity index (χ0n) is 10.6. The molecular weight excluding hydrogens is 274 g/mol. The van der Waals surface area contributed by atoms with Crippen LogP contribution in [0, 0.1) is 0 Å². The van der Waals surface area contributed by atoms with Crippen LogP contribution in [0.25, 0.3) is 0 Å². The van der Waals surface area contributed by atoms with Crippen LogP contribution in [-0.4, -0.2) is 15.0 Å². The Hall–Kier alpha value is -2.33. The van der Waals surface area contributed by atoms with E-state index >= 15 is 0 Å². The molecule has 100 valence electrons. The van der Waals surface area contributed by atoms with Crippen LogP contribution < -0.4 is 4.74 Å². The highest BCUT2D eigenvalue weighted by atomic mass is 35.5. The fourth-order valence-corrected chi connectivity index (χ4v) is 2.01. The van der Waals surface area contributed by atoms with E-state index in [0.717, 1.165) is 11.3 Å². The lowest BCUT2D eigenvalue weighted by atomic mass is 10.2. The molecule has 0 saturated carbocycles. The molecule has 0 amide bonds. The summed E-state index contributed by atoms with van der Waals surface area (Å²) in [5, 5.41) is 8.73. The Bertz CT molecular complexity index is 697. The summed E-state index contributed by atoms with van der Waals surface area (Å²) in [6, 6.07) is 17.1. The predicted octanol–water partition coefficient (Wildman–Crippen LogP) is 3.77. The van der Waals surface area contributed by atoms with Gasteiger partial charge in [0.2, 0.25) is 0 Å². The van der Waals surface area contributed by atoms with Crippen LogP contribution in [0.4, 0.5) is 0 Å². The largest absolute Gasteiger partial charge is 0.436 e. The first kappa shape index (κ1) is 12.7. The molecule has 4 nitrogen and oxygen atoms in total. The number of aromatic nitrogens is 3. The molecule has 1 heterocycles. The lowest BCUT2D eigenvalue weighted by Gasteiger charge is -2.02. The molecule has 0 unspecified atom stereocenters. The monoisotopic (exact) mass is 285 g/mol. The van der Waals surface area contributed by atoms with Crippen molar-refractivity contribution in [2.75, 3.05) is 0 Å². The van der Waals surface area contributed by atoms with E-state index in [9.17, 15) is 0 Å². The van der Waals surface area contributed by atoms with Crippen molar-refractivity contribution in [2.45, 2.75) is 6.54 Å². The van der Waals surface area contributed by atoms with Gasteiger partial charge in [0.25, 0.3) is 5.88 Å². The van der Waals surface area contributed by atoms with Gasteiger partial charge in [-0.25, -0.2) is 4.68 Å². The topological polar surface area (TPSA) is 39.9 Å². The third kappa shape index (κ3) is 2.97. The standard InChI is InChI=1S/C15H12ClN3O/c16-14-9-5-4-6-12(14)10-19-11-15(17-18-19)20-13-7-2-1-3-8-13/h1-9,11H,10H2. The first-order chi connectivity index (χ1) is 9.81. The lowest BCUT2D eigenvalue weighted by Crippen LogP contribution is -2.00. The maximum Gasteiger partial charge on any atom is 0.258 e. The summed E-state index contributed by atoms with van der Waals surface area (Å²) >= 11 is 6.12.